The first-order valence-electron chi connectivity index (χ1n) is 4.81. The number of aromatic nitrogens is 3. The largest absolute Gasteiger partial charge is 0.469 e. The van der Waals surface area contributed by atoms with Crippen LogP contribution in [-0.4, -0.2) is 27.8 Å². The average molecular weight is 230 g/mol. The van der Waals surface area contributed by atoms with E-state index < -0.39 is 0 Å². The number of hydrogen-bond acceptors (Lipinski definition) is 4. The zero-order valence-electron chi connectivity index (χ0n) is 8.44. The summed E-state index contributed by atoms with van der Waals surface area (Å²) in [6, 6.07) is 0. The molecular weight excluding hydrogens is 218 g/mol. The molecule has 0 N–H and O–H groups in total. The Hall–Kier alpha value is -1.10. The second kappa shape index (κ2) is 4.18. The lowest BCUT2D eigenvalue weighted by molar-refractivity contribution is -0.146. The predicted molar refractivity (Wildman–Crippen MR) is 53.4 cm³/mol. The maximum atomic E-state index is 11.3. The van der Waals surface area contributed by atoms with Crippen LogP contribution in [0.25, 0.3) is 0 Å². The van der Waals surface area contributed by atoms with Crippen LogP contribution in [0, 0.1) is 5.92 Å². The minimum atomic E-state index is -0.170. The van der Waals surface area contributed by atoms with Crippen LogP contribution in [-0.2, 0) is 28.4 Å². The zero-order valence-corrected chi connectivity index (χ0v) is 9.20. The molecule has 0 spiro atoms. The summed E-state index contributed by atoms with van der Waals surface area (Å²) in [5, 5.41) is 7.98. The van der Waals surface area contributed by atoms with Crippen LogP contribution in [0.4, 0.5) is 0 Å². The van der Waals surface area contributed by atoms with Crippen molar-refractivity contribution >= 4 is 17.6 Å². The van der Waals surface area contributed by atoms with E-state index in [-0.39, 0.29) is 11.9 Å². The highest BCUT2D eigenvalue weighted by Crippen LogP contribution is 2.21. The van der Waals surface area contributed by atoms with Crippen LogP contribution in [0.5, 0.6) is 0 Å². The normalized spacial score (nSPS) is 19.7. The molecule has 5 nitrogen and oxygen atoms in total. The number of hydrogen-bond donors (Lipinski definition) is 0. The van der Waals surface area contributed by atoms with E-state index in [1.165, 1.54) is 7.11 Å². The van der Waals surface area contributed by atoms with Crippen LogP contribution < -0.4 is 0 Å². The molecular formula is C9H12ClN3O2. The molecule has 1 aromatic rings. The standard InChI is InChI=1S/C9H12ClN3O2/c1-15-9(14)6-2-3-13-7(4-6)11-12-8(13)5-10/h6H,2-5H2,1H3. The monoisotopic (exact) mass is 229 g/mol. The van der Waals surface area contributed by atoms with E-state index in [4.69, 9.17) is 16.3 Å². The van der Waals surface area contributed by atoms with Gasteiger partial charge in [-0.25, -0.2) is 0 Å². The number of methoxy groups -OCH3 is 1. The first-order chi connectivity index (χ1) is 7.26. The van der Waals surface area contributed by atoms with Gasteiger partial charge in [0.25, 0.3) is 0 Å². The molecule has 1 atom stereocenters. The topological polar surface area (TPSA) is 57.0 Å². The molecule has 0 fully saturated rings. The van der Waals surface area contributed by atoms with Crippen LogP contribution in [0.1, 0.15) is 18.1 Å². The highest BCUT2D eigenvalue weighted by atomic mass is 35.5. The number of alkyl halides is 1. The number of rotatable bonds is 2. The van der Waals surface area contributed by atoms with Crippen LogP contribution in [0.2, 0.25) is 0 Å². The molecule has 0 aromatic carbocycles. The van der Waals surface area contributed by atoms with Crippen LogP contribution >= 0.6 is 11.6 Å². The van der Waals surface area contributed by atoms with Gasteiger partial charge >= 0.3 is 5.97 Å². The van der Waals surface area contributed by atoms with Crippen molar-refractivity contribution in [3.63, 3.8) is 0 Å². The molecule has 2 rings (SSSR count). The van der Waals surface area contributed by atoms with Gasteiger partial charge in [0.15, 0.2) is 0 Å². The lowest BCUT2D eigenvalue weighted by Gasteiger charge is -2.21. The fraction of sp³-hybridized carbons (Fsp3) is 0.667. The molecule has 0 saturated heterocycles. The maximum absolute atomic E-state index is 11.3. The predicted octanol–water partition coefficient (Wildman–Crippen LogP) is 0.752. The van der Waals surface area contributed by atoms with Gasteiger partial charge in [-0.05, 0) is 6.42 Å². The summed E-state index contributed by atoms with van der Waals surface area (Å²) in [4.78, 5) is 11.3. The zero-order chi connectivity index (χ0) is 10.8. The molecule has 1 unspecified atom stereocenters. The molecule has 1 aromatic heterocycles. The van der Waals surface area contributed by atoms with Gasteiger partial charge in [-0.3, -0.25) is 4.79 Å². The highest BCUT2D eigenvalue weighted by molar-refractivity contribution is 6.16. The van der Waals surface area contributed by atoms with Crippen molar-refractivity contribution in [1.82, 2.24) is 14.8 Å². The third kappa shape index (κ3) is 1.84. The van der Waals surface area contributed by atoms with E-state index >= 15 is 0 Å². The number of fused-ring (bicyclic) bond motifs is 1. The van der Waals surface area contributed by atoms with E-state index in [0.29, 0.717) is 12.3 Å². The van der Waals surface area contributed by atoms with E-state index in [1.807, 2.05) is 4.57 Å². The summed E-state index contributed by atoms with van der Waals surface area (Å²) in [6.45, 7) is 0.740. The number of carbonyl (C=O) groups excluding carboxylic acids is 1. The first-order valence-corrected chi connectivity index (χ1v) is 5.34. The van der Waals surface area contributed by atoms with Crippen LogP contribution in [0.15, 0.2) is 0 Å². The van der Waals surface area contributed by atoms with E-state index in [9.17, 15) is 4.79 Å². The molecule has 1 aliphatic rings. The minimum absolute atomic E-state index is 0.0881. The van der Waals surface area contributed by atoms with Gasteiger partial charge in [-0.2, -0.15) is 0 Å². The van der Waals surface area contributed by atoms with Crippen molar-refractivity contribution in [3.05, 3.63) is 11.6 Å². The quantitative estimate of drug-likeness (QED) is 0.555. The Bertz CT molecular complexity index is 377. The van der Waals surface area contributed by atoms with Gasteiger partial charge in [0.05, 0.1) is 18.9 Å². The van der Waals surface area contributed by atoms with Gasteiger partial charge in [-0.15, -0.1) is 21.8 Å². The third-order valence-electron chi connectivity index (χ3n) is 2.69. The molecule has 15 heavy (non-hydrogen) atoms. The maximum Gasteiger partial charge on any atom is 0.309 e. The average Bonchev–Trinajstić information content (AvgIpc) is 2.69. The molecule has 82 valence electrons. The summed E-state index contributed by atoms with van der Waals surface area (Å²) >= 11 is 5.72. The highest BCUT2D eigenvalue weighted by Gasteiger charge is 2.27. The summed E-state index contributed by atoms with van der Waals surface area (Å²) in [6.07, 6.45) is 1.36. The smallest absolute Gasteiger partial charge is 0.309 e. The van der Waals surface area contributed by atoms with Gasteiger partial charge in [0, 0.05) is 13.0 Å². The van der Waals surface area contributed by atoms with Crippen molar-refractivity contribution < 1.29 is 9.53 Å². The van der Waals surface area contributed by atoms with Crippen molar-refractivity contribution in [3.8, 4) is 0 Å². The van der Waals surface area contributed by atoms with Crippen LogP contribution in [0.3, 0.4) is 0 Å². The van der Waals surface area contributed by atoms with E-state index in [2.05, 4.69) is 10.2 Å². The molecule has 6 heteroatoms. The van der Waals surface area contributed by atoms with E-state index in [0.717, 1.165) is 24.6 Å². The second-order valence-electron chi connectivity index (χ2n) is 3.53. The Morgan fingerprint density at radius 2 is 2.47 bits per heavy atom. The summed E-state index contributed by atoms with van der Waals surface area (Å²) < 4.78 is 6.69. The Morgan fingerprint density at radius 3 is 3.13 bits per heavy atom. The first kappa shape index (κ1) is 10.4. The molecule has 0 radical (unpaired) electrons. The third-order valence-corrected chi connectivity index (χ3v) is 2.93. The van der Waals surface area contributed by atoms with E-state index in [1.54, 1.807) is 0 Å². The minimum Gasteiger partial charge on any atom is -0.469 e. The Morgan fingerprint density at radius 1 is 1.67 bits per heavy atom. The summed E-state index contributed by atoms with van der Waals surface area (Å²) in [7, 11) is 1.41. The number of carbonyl (C=O) groups is 1. The Labute approximate surface area is 92.4 Å². The van der Waals surface area contributed by atoms with Gasteiger partial charge < -0.3 is 9.30 Å². The second-order valence-corrected chi connectivity index (χ2v) is 3.80. The van der Waals surface area contributed by atoms with Crippen molar-refractivity contribution in [2.45, 2.75) is 25.3 Å². The summed E-state index contributed by atoms with van der Waals surface area (Å²) in [5.41, 5.74) is 0. The summed E-state index contributed by atoms with van der Waals surface area (Å²) in [5.74, 6) is 1.70. The van der Waals surface area contributed by atoms with Crippen molar-refractivity contribution in [2.24, 2.45) is 5.92 Å². The fourth-order valence-corrected chi connectivity index (χ4v) is 2.05. The van der Waals surface area contributed by atoms with Crippen molar-refractivity contribution in [1.29, 1.82) is 0 Å². The van der Waals surface area contributed by atoms with Gasteiger partial charge in [-0.1, -0.05) is 0 Å². The van der Waals surface area contributed by atoms with Gasteiger partial charge in [0.2, 0.25) is 0 Å². The SMILES string of the molecule is COC(=O)C1CCn2c(CCl)nnc2C1. The molecule has 0 amide bonds. The molecule has 0 bridgehead atoms. The lowest BCUT2D eigenvalue weighted by Crippen LogP contribution is -2.27. The number of nitrogens with zero attached hydrogens (tertiary/aromatic N) is 3. The number of ether oxygens (including phenoxy) is 1. The molecule has 0 aliphatic carbocycles. The molecule has 0 saturated carbocycles. The Balaban J connectivity index is 2.17. The molecule has 1 aliphatic heterocycles. The number of esters is 1. The van der Waals surface area contributed by atoms with Crippen molar-refractivity contribution in [2.75, 3.05) is 7.11 Å². The lowest BCUT2D eigenvalue weighted by atomic mass is 9.98. The fourth-order valence-electron chi connectivity index (χ4n) is 1.86. The number of halogens is 1. The van der Waals surface area contributed by atoms with Gasteiger partial charge in [0.1, 0.15) is 11.6 Å². The molecule has 2 heterocycles. The Kier molecular flexibility index (Phi) is 2.90.